The first-order valence-corrected chi connectivity index (χ1v) is 10.6. The molecular weight excluding hydrogens is 362 g/mol. The SMILES string of the molecule is Cc1ccc(C[C@H]2Cn3cncc3CN2C2CCN(C3=NN=C(N)C3)CC2)cc1. The van der Waals surface area contributed by atoms with Gasteiger partial charge in [-0.3, -0.25) is 4.90 Å². The number of piperidine rings is 1. The van der Waals surface area contributed by atoms with E-state index in [9.17, 15) is 0 Å². The van der Waals surface area contributed by atoms with Crippen molar-refractivity contribution < 1.29 is 0 Å². The molecule has 4 heterocycles. The van der Waals surface area contributed by atoms with Crippen LogP contribution < -0.4 is 5.73 Å². The van der Waals surface area contributed by atoms with Crippen LogP contribution in [0.25, 0.3) is 0 Å². The molecule has 152 valence electrons. The summed E-state index contributed by atoms with van der Waals surface area (Å²) in [6, 6.07) is 10.1. The molecule has 0 unspecified atom stereocenters. The van der Waals surface area contributed by atoms with Crippen LogP contribution in [0.2, 0.25) is 0 Å². The minimum atomic E-state index is 0.499. The molecule has 3 aliphatic rings. The number of likely N-dealkylation sites (tertiary alicyclic amines) is 1. The summed E-state index contributed by atoms with van der Waals surface area (Å²) in [5, 5.41) is 8.27. The van der Waals surface area contributed by atoms with Gasteiger partial charge in [-0.05, 0) is 31.7 Å². The first-order valence-electron chi connectivity index (χ1n) is 10.6. The first kappa shape index (κ1) is 18.4. The summed E-state index contributed by atoms with van der Waals surface area (Å²) >= 11 is 0. The second-order valence-electron chi connectivity index (χ2n) is 8.56. The van der Waals surface area contributed by atoms with Crippen LogP contribution in [0.3, 0.4) is 0 Å². The molecule has 0 saturated carbocycles. The Balaban J connectivity index is 1.29. The molecule has 7 nitrogen and oxygen atoms in total. The van der Waals surface area contributed by atoms with E-state index in [0.717, 1.165) is 51.3 Å². The zero-order valence-electron chi connectivity index (χ0n) is 17.0. The van der Waals surface area contributed by atoms with Crippen molar-refractivity contribution >= 4 is 11.7 Å². The van der Waals surface area contributed by atoms with Crippen LogP contribution in [0, 0.1) is 6.92 Å². The van der Waals surface area contributed by atoms with Crippen molar-refractivity contribution in [2.75, 3.05) is 13.1 Å². The molecule has 2 N–H and O–H groups in total. The Morgan fingerprint density at radius 2 is 1.90 bits per heavy atom. The van der Waals surface area contributed by atoms with Gasteiger partial charge in [0.2, 0.25) is 0 Å². The van der Waals surface area contributed by atoms with Crippen molar-refractivity contribution in [2.24, 2.45) is 15.9 Å². The van der Waals surface area contributed by atoms with Crippen molar-refractivity contribution in [3.63, 3.8) is 0 Å². The summed E-state index contributed by atoms with van der Waals surface area (Å²) in [5.41, 5.74) is 9.87. The molecule has 1 aromatic heterocycles. The molecule has 0 amide bonds. The van der Waals surface area contributed by atoms with E-state index in [-0.39, 0.29) is 0 Å². The van der Waals surface area contributed by atoms with Gasteiger partial charge in [0.15, 0.2) is 0 Å². The minimum Gasteiger partial charge on any atom is -0.385 e. The zero-order chi connectivity index (χ0) is 19.8. The van der Waals surface area contributed by atoms with E-state index in [2.05, 4.69) is 60.7 Å². The van der Waals surface area contributed by atoms with Crippen molar-refractivity contribution in [3.05, 3.63) is 53.6 Å². The Bertz CT molecular complexity index is 919. The molecule has 3 aliphatic heterocycles. The third kappa shape index (κ3) is 3.79. The Labute approximate surface area is 171 Å². The highest BCUT2D eigenvalue weighted by Crippen LogP contribution is 2.28. The van der Waals surface area contributed by atoms with E-state index in [4.69, 9.17) is 5.73 Å². The first-order chi connectivity index (χ1) is 14.2. The third-order valence-electron chi connectivity index (χ3n) is 6.54. The number of benzene rings is 1. The predicted octanol–water partition coefficient (Wildman–Crippen LogP) is 2.16. The van der Waals surface area contributed by atoms with Gasteiger partial charge < -0.3 is 15.2 Å². The fraction of sp³-hybridized carbons (Fsp3) is 0.500. The number of nitrogens with two attached hydrogens (primary N) is 1. The fourth-order valence-corrected chi connectivity index (χ4v) is 4.88. The smallest absolute Gasteiger partial charge is 0.135 e. The average Bonchev–Trinajstić information content (AvgIpc) is 3.38. The number of rotatable bonds is 3. The van der Waals surface area contributed by atoms with E-state index in [1.54, 1.807) is 0 Å². The second kappa shape index (κ2) is 7.63. The summed E-state index contributed by atoms with van der Waals surface area (Å²) in [7, 11) is 0. The summed E-state index contributed by atoms with van der Waals surface area (Å²) in [6.07, 6.45) is 8.09. The molecular formula is C22H29N7. The highest BCUT2D eigenvalue weighted by molar-refractivity contribution is 6.04. The lowest BCUT2D eigenvalue weighted by atomic mass is 9.95. The van der Waals surface area contributed by atoms with E-state index in [0.29, 0.717) is 24.3 Å². The topological polar surface area (TPSA) is 75.0 Å². The Kier molecular flexibility index (Phi) is 4.83. The number of amidine groups is 2. The normalized spacial score (nSPS) is 23.1. The molecule has 0 spiro atoms. The number of fused-ring (bicyclic) bond motifs is 1. The molecule has 0 bridgehead atoms. The largest absolute Gasteiger partial charge is 0.385 e. The lowest BCUT2D eigenvalue weighted by Gasteiger charge is -2.45. The molecule has 1 saturated heterocycles. The lowest BCUT2D eigenvalue weighted by Crippen LogP contribution is -2.53. The molecule has 0 aliphatic carbocycles. The van der Waals surface area contributed by atoms with Crippen molar-refractivity contribution in [2.45, 2.75) is 57.8 Å². The van der Waals surface area contributed by atoms with Crippen molar-refractivity contribution in [1.29, 1.82) is 0 Å². The number of aryl methyl sites for hydroxylation is 1. The highest BCUT2D eigenvalue weighted by atomic mass is 15.4. The third-order valence-corrected chi connectivity index (χ3v) is 6.54. The molecule has 5 rings (SSSR count). The quantitative estimate of drug-likeness (QED) is 0.870. The molecule has 1 fully saturated rings. The molecule has 29 heavy (non-hydrogen) atoms. The van der Waals surface area contributed by atoms with Crippen LogP contribution in [-0.2, 0) is 19.5 Å². The summed E-state index contributed by atoms with van der Waals surface area (Å²) in [4.78, 5) is 9.49. The summed E-state index contributed by atoms with van der Waals surface area (Å²) < 4.78 is 2.33. The van der Waals surface area contributed by atoms with E-state index < -0.39 is 0 Å². The standard InChI is InChI=1S/C22H29N7/c1-16-2-4-17(5-3-16)10-19-13-28-15-24-12-20(28)14-29(19)18-6-8-27(9-7-18)22-11-21(23)25-26-22/h2-5,12,15,18-19H,6-11,13-14H2,1H3,(H2,23,25)/t19-/m0/s1. The Morgan fingerprint density at radius 1 is 1.10 bits per heavy atom. The summed E-state index contributed by atoms with van der Waals surface area (Å²) in [5.74, 6) is 1.67. The monoisotopic (exact) mass is 391 g/mol. The van der Waals surface area contributed by atoms with Crippen LogP contribution in [0.1, 0.15) is 36.1 Å². The van der Waals surface area contributed by atoms with Gasteiger partial charge in [-0.1, -0.05) is 29.8 Å². The van der Waals surface area contributed by atoms with Gasteiger partial charge in [0.25, 0.3) is 0 Å². The van der Waals surface area contributed by atoms with E-state index in [1.165, 1.54) is 16.8 Å². The van der Waals surface area contributed by atoms with Crippen molar-refractivity contribution in [1.82, 2.24) is 19.4 Å². The van der Waals surface area contributed by atoms with E-state index in [1.807, 2.05) is 12.5 Å². The number of aromatic nitrogens is 2. The minimum absolute atomic E-state index is 0.499. The number of imidazole rings is 1. The Morgan fingerprint density at radius 3 is 2.62 bits per heavy atom. The maximum absolute atomic E-state index is 5.80. The maximum Gasteiger partial charge on any atom is 0.135 e. The van der Waals surface area contributed by atoms with Crippen LogP contribution >= 0.6 is 0 Å². The fourth-order valence-electron chi connectivity index (χ4n) is 4.88. The van der Waals surface area contributed by atoms with E-state index >= 15 is 0 Å². The van der Waals surface area contributed by atoms with Gasteiger partial charge in [0.05, 0.1) is 18.4 Å². The predicted molar refractivity (Wildman–Crippen MR) is 115 cm³/mol. The van der Waals surface area contributed by atoms with Crippen LogP contribution in [0.4, 0.5) is 0 Å². The molecule has 2 aromatic rings. The Hall–Kier alpha value is -2.67. The number of nitrogens with zero attached hydrogens (tertiary/aromatic N) is 6. The number of hydrogen-bond acceptors (Lipinski definition) is 6. The van der Waals surface area contributed by atoms with Crippen LogP contribution in [0.15, 0.2) is 47.0 Å². The molecule has 1 atom stereocenters. The zero-order valence-corrected chi connectivity index (χ0v) is 17.0. The van der Waals surface area contributed by atoms with Gasteiger partial charge in [0.1, 0.15) is 11.7 Å². The molecule has 0 radical (unpaired) electrons. The summed E-state index contributed by atoms with van der Waals surface area (Å²) in [6.45, 7) is 6.20. The second-order valence-corrected chi connectivity index (χ2v) is 8.56. The number of hydrogen-bond donors (Lipinski definition) is 1. The maximum atomic E-state index is 5.80. The van der Waals surface area contributed by atoms with Gasteiger partial charge in [-0.25, -0.2) is 4.98 Å². The van der Waals surface area contributed by atoms with Gasteiger partial charge in [-0.15, -0.1) is 10.2 Å². The molecule has 1 aromatic carbocycles. The van der Waals surface area contributed by atoms with Crippen LogP contribution in [-0.4, -0.2) is 56.2 Å². The lowest BCUT2D eigenvalue weighted by molar-refractivity contribution is 0.0558. The average molecular weight is 392 g/mol. The van der Waals surface area contributed by atoms with Gasteiger partial charge >= 0.3 is 0 Å². The van der Waals surface area contributed by atoms with Gasteiger partial charge in [0, 0.05) is 44.5 Å². The molecule has 7 heteroatoms. The van der Waals surface area contributed by atoms with Crippen molar-refractivity contribution in [3.8, 4) is 0 Å². The highest BCUT2D eigenvalue weighted by Gasteiger charge is 2.34. The van der Waals surface area contributed by atoms with Gasteiger partial charge in [-0.2, -0.15) is 0 Å². The van der Waals surface area contributed by atoms with Crippen LogP contribution in [0.5, 0.6) is 0 Å².